The van der Waals surface area contributed by atoms with Gasteiger partial charge < -0.3 is 5.32 Å². The zero-order valence-corrected chi connectivity index (χ0v) is 12.2. The summed E-state index contributed by atoms with van der Waals surface area (Å²) in [6.45, 7) is 6.00. The van der Waals surface area contributed by atoms with Crippen molar-refractivity contribution in [3.05, 3.63) is 58.5 Å². The molecule has 1 heterocycles. The average molecular weight is 306 g/mol. The maximum absolute atomic E-state index is 13.4. The van der Waals surface area contributed by atoms with Gasteiger partial charge in [-0.3, -0.25) is 14.2 Å². The van der Waals surface area contributed by atoms with Crippen molar-refractivity contribution in [3.63, 3.8) is 0 Å². The van der Waals surface area contributed by atoms with E-state index in [-0.39, 0.29) is 23.0 Å². The number of halogens is 2. The molecule has 0 radical (unpaired) electrons. The first kappa shape index (κ1) is 15.9. The molecule has 6 heteroatoms. The summed E-state index contributed by atoms with van der Waals surface area (Å²) in [5.74, 6) is -2.60. The number of carbonyl (C=O) groups excluding carboxylic acids is 1. The predicted octanol–water partition coefficient (Wildman–Crippen LogP) is 2.61. The molecule has 0 aliphatic carbocycles. The SMILES string of the molecule is C=CCn1c(C(=O)NCCC)cc2cc(F)c(F)cc2c1=O. The Morgan fingerprint density at radius 3 is 2.64 bits per heavy atom. The maximum Gasteiger partial charge on any atom is 0.268 e. The summed E-state index contributed by atoms with van der Waals surface area (Å²) in [4.78, 5) is 24.6. The number of aromatic nitrogens is 1. The number of rotatable bonds is 5. The van der Waals surface area contributed by atoms with Gasteiger partial charge in [-0.25, -0.2) is 8.78 Å². The van der Waals surface area contributed by atoms with E-state index < -0.39 is 23.1 Å². The number of hydrogen-bond donors (Lipinski definition) is 1. The van der Waals surface area contributed by atoms with Crippen molar-refractivity contribution in [2.75, 3.05) is 6.54 Å². The molecule has 116 valence electrons. The van der Waals surface area contributed by atoms with Crippen LogP contribution in [0.15, 0.2) is 35.6 Å². The van der Waals surface area contributed by atoms with Gasteiger partial charge in [-0.15, -0.1) is 6.58 Å². The lowest BCUT2D eigenvalue weighted by atomic mass is 10.1. The zero-order chi connectivity index (χ0) is 16.3. The van der Waals surface area contributed by atoms with E-state index in [2.05, 4.69) is 11.9 Å². The Balaban J connectivity index is 2.71. The number of benzene rings is 1. The van der Waals surface area contributed by atoms with Crippen molar-refractivity contribution >= 4 is 16.7 Å². The maximum atomic E-state index is 13.4. The monoisotopic (exact) mass is 306 g/mol. The first-order valence-corrected chi connectivity index (χ1v) is 6.91. The van der Waals surface area contributed by atoms with Crippen molar-refractivity contribution in [1.29, 1.82) is 0 Å². The van der Waals surface area contributed by atoms with Crippen LogP contribution in [0, 0.1) is 11.6 Å². The molecule has 0 fully saturated rings. The second-order valence-corrected chi connectivity index (χ2v) is 4.84. The number of hydrogen-bond acceptors (Lipinski definition) is 2. The van der Waals surface area contributed by atoms with Crippen LogP contribution in [0.25, 0.3) is 10.8 Å². The number of carbonyl (C=O) groups is 1. The lowest BCUT2D eigenvalue weighted by Crippen LogP contribution is -2.32. The number of allylic oxidation sites excluding steroid dienone is 1. The fourth-order valence-corrected chi connectivity index (χ4v) is 2.17. The number of pyridine rings is 1. The minimum absolute atomic E-state index is 0.0211. The molecule has 1 aromatic carbocycles. The minimum Gasteiger partial charge on any atom is -0.351 e. The summed E-state index contributed by atoms with van der Waals surface area (Å²) in [7, 11) is 0. The molecule has 0 aliphatic rings. The highest BCUT2D eigenvalue weighted by Gasteiger charge is 2.16. The second kappa shape index (κ2) is 6.51. The quantitative estimate of drug-likeness (QED) is 0.863. The summed E-state index contributed by atoms with van der Waals surface area (Å²) in [6, 6.07) is 3.15. The Labute approximate surface area is 126 Å². The van der Waals surface area contributed by atoms with Crippen LogP contribution in [-0.4, -0.2) is 17.0 Å². The molecule has 0 saturated heterocycles. The van der Waals surface area contributed by atoms with Crippen LogP contribution in [-0.2, 0) is 6.54 Å². The third-order valence-electron chi connectivity index (χ3n) is 3.23. The van der Waals surface area contributed by atoms with Crippen molar-refractivity contribution in [2.24, 2.45) is 0 Å². The van der Waals surface area contributed by atoms with Gasteiger partial charge >= 0.3 is 0 Å². The van der Waals surface area contributed by atoms with Gasteiger partial charge in [0.2, 0.25) is 0 Å². The number of amides is 1. The molecular formula is C16H16F2N2O2. The molecule has 2 aromatic rings. The van der Waals surface area contributed by atoms with Crippen LogP contribution in [0.4, 0.5) is 8.78 Å². The van der Waals surface area contributed by atoms with Crippen LogP contribution >= 0.6 is 0 Å². The molecule has 0 bridgehead atoms. The number of fused-ring (bicyclic) bond motifs is 1. The summed E-state index contributed by atoms with van der Waals surface area (Å²) >= 11 is 0. The van der Waals surface area contributed by atoms with E-state index in [1.54, 1.807) is 0 Å². The molecule has 0 unspecified atom stereocenters. The molecule has 1 aromatic heterocycles. The van der Waals surface area contributed by atoms with Crippen molar-refractivity contribution in [2.45, 2.75) is 19.9 Å². The first-order chi connectivity index (χ1) is 10.5. The summed E-state index contributed by atoms with van der Waals surface area (Å²) in [5, 5.41) is 2.87. The largest absolute Gasteiger partial charge is 0.351 e. The number of nitrogens with zero attached hydrogens (tertiary/aromatic N) is 1. The van der Waals surface area contributed by atoms with E-state index in [4.69, 9.17) is 0 Å². The van der Waals surface area contributed by atoms with Gasteiger partial charge in [-0.05, 0) is 30.0 Å². The van der Waals surface area contributed by atoms with Gasteiger partial charge in [0.25, 0.3) is 11.5 Å². The Morgan fingerprint density at radius 2 is 2.00 bits per heavy atom. The summed E-state index contributed by atoms with van der Waals surface area (Å²) in [6.07, 6.45) is 2.20. The minimum atomic E-state index is -1.10. The van der Waals surface area contributed by atoms with Crippen LogP contribution in [0.1, 0.15) is 23.8 Å². The molecule has 0 aliphatic heterocycles. The van der Waals surface area contributed by atoms with Gasteiger partial charge in [-0.2, -0.15) is 0 Å². The van der Waals surface area contributed by atoms with Crippen LogP contribution in [0.2, 0.25) is 0 Å². The Bertz CT molecular complexity index is 797. The average Bonchev–Trinajstić information content (AvgIpc) is 2.49. The fraction of sp³-hybridized carbons (Fsp3) is 0.250. The van der Waals surface area contributed by atoms with E-state index in [9.17, 15) is 18.4 Å². The topological polar surface area (TPSA) is 51.1 Å². The third-order valence-corrected chi connectivity index (χ3v) is 3.23. The van der Waals surface area contributed by atoms with Crippen LogP contribution in [0.3, 0.4) is 0 Å². The Kier molecular flexibility index (Phi) is 4.70. The van der Waals surface area contributed by atoms with E-state index in [1.165, 1.54) is 16.7 Å². The molecule has 22 heavy (non-hydrogen) atoms. The lowest BCUT2D eigenvalue weighted by molar-refractivity contribution is 0.0944. The van der Waals surface area contributed by atoms with Gasteiger partial charge in [0.15, 0.2) is 11.6 Å². The Hall–Kier alpha value is -2.50. The van der Waals surface area contributed by atoms with E-state index in [1.807, 2.05) is 6.92 Å². The molecular weight excluding hydrogens is 290 g/mol. The Morgan fingerprint density at radius 1 is 1.32 bits per heavy atom. The highest BCUT2D eigenvalue weighted by Crippen LogP contribution is 2.17. The fourth-order valence-electron chi connectivity index (χ4n) is 2.17. The molecule has 4 nitrogen and oxygen atoms in total. The van der Waals surface area contributed by atoms with E-state index in [0.29, 0.717) is 6.54 Å². The summed E-state index contributed by atoms with van der Waals surface area (Å²) in [5.41, 5.74) is -0.463. The first-order valence-electron chi connectivity index (χ1n) is 6.91. The standard InChI is InChI=1S/C16H16F2N2O2/c1-3-5-19-15(21)14-8-10-7-12(17)13(18)9-11(10)16(22)20(14)6-4-2/h4,7-9H,2-3,5-6H2,1H3,(H,19,21). The summed E-state index contributed by atoms with van der Waals surface area (Å²) < 4.78 is 27.9. The highest BCUT2D eigenvalue weighted by molar-refractivity contribution is 5.96. The van der Waals surface area contributed by atoms with Crippen LogP contribution in [0.5, 0.6) is 0 Å². The van der Waals surface area contributed by atoms with E-state index >= 15 is 0 Å². The second-order valence-electron chi connectivity index (χ2n) is 4.84. The van der Waals surface area contributed by atoms with Crippen molar-refractivity contribution in [1.82, 2.24) is 9.88 Å². The van der Waals surface area contributed by atoms with Crippen molar-refractivity contribution < 1.29 is 13.6 Å². The van der Waals surface area contributed by atoms with Gasteiger partial charge in [-0.1, -0.05) is 13.0 Å². The molecule has 1 N–H and O–H groups in total. The molecule has 0 saturated carbocycles. The van der Waals surface area contributed by atoms with Gasteiger partial charge in [0.05, 0.1) is 5.39 Å². The van der Waals surface area contributed by atoms with Gasteiger partial charge in [0.1, 0.15) is 5.69 Å². The predicted molar refractivity (Wildman–Crippen MR) is 80.9 cm³/mol. The third kappa shape index (κ3) is 2.90. The van der Waals surface area contributed by atoms with Crippen LogP contribution < -0.4 is 10.9 Å². The molecule has 0 spiro atoms. The smallest absolute Gasteiger partial charge is 0.268 e. The zero-order valence-electron chi connectivity index (χ0n) is 12.2. The highest BCUT2D eigenvalue weighted by atomic mass is 19.2. The molecule has 2 rings (SSSR count). The van der Waals surface area contributed by atoms with Crippen molar-refractivity contribution in [3.8, 4) is 0 Å². The lowest BCUT2D eigenvalue weighted by Gasteiger charge is -2.13. The molecule has 0 atom stereocenters. The number of nitrogens with one attached hydrogen (secondary N) is 1. The van der Waals surface area contributed by atoms with Gasteiger partial charge in [0, 0.05) is 13.1 Å². The normalized spacial score (nSPS) is 10.7. The van der Waals surface area contributed by atoms with E-state index in [0.717, 1.165) is 18.6 Å². The molecule has 1 amide bonds.